The van der Waals surface area contributed by atoms with Crippen LogP contribution in [0.2, 0.25) is 0 Å². The van der Waals surface area contributed by atoms with E-state index in [4.69, 9.17) is 5.73 Å². The standard InChI is InChI=1S/C13H27N3/c1-10(2)13(14)9-16-8-12-5-4-6-15(12)7-11(16)3/h10-13H,4-9,14H2,1-3H3. The molecule has 2 aliphatic rings. The molecule has 0 spiro atoms. The second-order valence-electron chi connectivity index (χ2n) is 6.00. The summed E-state index contributed by atoms with van der Waals surface area (Å²) in [4.78, 5) is 5.28. The van der Waals surface area contributed by atoms with E-state index in [0.29, 0.717) is 18.0 Å². The number of nitrogens with zero attached hydrogens (tertiary/aromatic N) is 2. The molecule has 0 bridgehead atoms. The van der Waals surface area contributed by atoms with Crippen molar-refractivity contribution >= 4 is 0 Å². The molecule has 0 aromatic heterocycles. The summed E-state index contributed by atoms with van der Waals surface area (Å²) in [5.74, 6) is 0.591. The molecule has 0 aromatic rings. The SMILES string of the molecule is CC(C)C(N)CN1CC2CCCN2CC1C. The van der Waals surface area contributed by atoms with Gasteiger partial charge in [0.1, 0.15) is 0 Å². The van der Waals surface area contributed by atoms with Gasteiger partial charge in [0.15, 0.2) is 0 Å². The molecule has 2 aliphatic heterocycles. The molecule has 2 rings (SSSR count). The van der Waals surface area contributed by atoms with E-state index in [9.17, 15) is 0 Å². The Kier molecular flexibility index (Phi) is 3.88. The Balaban J connectivity index is 1.89. The minimum Gasteiger partial charge on any atom is -0.326 e. The lowest BCUT2D eigenvalue weighted by atomic mass is 10.0. The van der Waals surface area contributed by atoms with Gasteiger partial charge >= 0.3 is 0 Å². The van der Waals surface area contributed by atoms with Crippen molar-refractivity contribution < 1.29 is 0 Å². The molecular formula is C13H27N3. The summed E-state index contributed by atoms with van der Waals surface area (Å²) in [6.45, 7) is 11.7. The van der Waals surface area contributed by atoms with Crippen LogP contribution in [0.15, 0.2) is 0 Å². The van der Waals surface area contributed by atoms with Crippen molar-refractivity contribution in [3.63, 3.8) is 0 Å². The summed E-state index contributed by atoms with van der Waals surface area (Å²) in [5.41, 5.74) is 6.19. The van der Waals surface area contributed by atoms with Gasteiger partial charge in [-0.2, -0.15) is 0 Å². The maximum atomic E-state index is 6.19. The van der Waals surface area contributed by atoms with Crippen molar-refractivity contribution in [3.8, 4) is 0 Å². The molecule has 3 heteroatoms. The molecular weight excluding hydrogens is 198 g/mol. The van der Waals surface area contributed by atoms with Gasteiger partial charge in [0.05, 0.1) is 0 Å². The number of nitrogens with two attached hydrogens (primary N) is 1. The molecule has 0 aliphatic carbocycles. The predicted octanol–water partition coefficient (Wildman–Crippen LogP) is 1.14. The fourth-order valence-electron chi connectivity index (χ4n) is 2.98. The van der Waals surface area contributed by atoms with Crippen LogP contribution in [-0.4, -0.2) is 54.1 Å². The fraction of sp³-hybridized carbons (Fsp3) is 1.00. The zero-order valence-electron chi connectivity index (χ0n) is 11.0. The van der Waals surface area contributed by atoms with E-state index >= 15 is 0 Å². The van der Waals surface area contributed by atoms with Crippen molar-refractivity contribution in [3.05, 3.63) is 0 Å². The minimum atomic E-state index is 0.329. The molecule has 2 saturated heterocycles. The Morgan fingerprint density at radius 2 is 2.06 bits per heavy atom. The monoisotopic (exact) mass is 225 g/mol. The van der Waals surface area contributed by atoms with E-state index in [1.807, 2.05) is 0 Å². The van der Waals surface area contributed by atoms with E-state index in [1.54, 1.807) is 0 Å². The third-order valence-corrected chi connectivity index (χ3v) is 4.37. The fourth-order valence-corrected chi connectivity index (χ4v) is 2.98. The molecule has 0 radical (unpaired) electrons. The highest BCUT2D eigenvalue weighted by molar-refractivity contribution is 4.91. The number of hydrogen-bond donors (Lipinski definition) is 1. The van der Waals surface area contributed by atoms with Gasteiger partial charge < -0.3 is 5.73 Å². The first-order valence-electron chi connectivity index (χ1n) is 6.81. The molecule has 2 N–H and O–H groups in total. The summed E-state index contributed by atoms with van der Waals surface area (Å²) >= 11 is 0. The highest BCUT2D eigenvalue weighted by Gasteiger charge is 2.34. The maximum Gasteiger partial charge on any atom is 0.0224 e. The number of hydrogen-bond acceptors (Lipinski definition) is 3. The van der Waals surface area contributed by atoms with Crippen LogP contribution >= 0.6 is 0 Å². The van der Waals surface area contributed by atoms with Gasteiger partial charge in [-0.25, -0.2) is 0 Å². The molecule has 3 atom stereocenters. The van der Waals surface area contributed by atoms with Crippen LogP contribution in [0, 0.1) is 5.92 Å². The Bertz CT molecular complexity index is 227. The first-order valence-corrected chi connectivity index (χ1v) is 6.81. The van der Waals surface area contributed by atoms with Gasteiger partial charge in [-0.3, -0.25) is 9.80 Å². The average molecular weight is 225 g/mol. The first-order chi connectivity index (χ1) is 7.58. The number of fused-ring (bicyclic) bond motifs is 1. The minimum absolute atomic E-state index is 0.329. The Morgan fingerprint density at radius 3 is 2.75 bits per heavy atom. The topological polar surface area (TPSA) is 32.5 Å². The van der Waals surface area contributed by atoms with Crippen LogP contribution in [0.5, 0.6) is 0 Å². The van der Waals surface area contributed by atoms with Crippen LogP contribution in [0.25, 0.3) is 0 Å². The molecule has 2 heterocycles. The molecule has 3 unspecified atom stereocenters. The zero-order valence-corrected chi connectivity index (χ0v) is 11.0. The molecule has 94 valence electrons. The summed E-state index contributed by atoms with van der Waals surface area (Å²) < 4.78 is 0. The van der Waals surface area contributed by atoms with Gasteiger partial charge in [-0.1, -0.05) is 13.8 Å². The number of piperazine rings is 1. The Morgan fingerprint density at radius 1 is 1.31 bits per heavy atom. The smallest absolute Gasteiger partial charge is 0.0224 e. The maximum absolute atomic E-state index is 6.19. The second-order valence-corrected chi connectivity index (χ2v) is 6.00. The van der Waals surface area contributed by atoms with Crippen LogP contribution in [0.4, 0.5) is 0 Å². The lowest BCUT2D eigenvalue weighted by Gasteiger charge is -2.43. The predicted molar refractivity (Wildman–Crippen MR) is 68.4 cm³/mol. The molecule has 0 amide bonds. The average Bonchev–Trinajstić information content (AvgIpc) is 2.65. The normalized spacial score (nSPS) is 34.3. The summed E-state index contributed by atoms with van der Waals surface area (Å²) in [7, 11) is 0. The molecule has 3 nitrogen and oxygen atoms in total. The van der Waals surface area contributed by atoms with E-state index in [-0.39, 0.29) is 0 Å². The van der Waals surface area contributed by atoms with Crippen molar-refractivity contribution in [2.75, 3.05) is 26.2 Å². The summed E-state index contributed by atoms with van der Waals surface area (Å²) in [6, 6.07) is 1.82. The van der Waals surface area contributed by atoms with Crippen molar-refractivity contribution in [2.45, 2.75) is 51.7 Å². The van der Waals surface area contributed by atoms with Gasteiger partial charge in [0.2, 0.25) is 0 Å². The first kappa shape index (κ1) is 12.3. The quantitative estimate of drug-likeness (QED) is 0.782. The Hall–Kier alpha value is -0.120. The van der Waals surface area contributed by atoms with E-state index < -0.39 is 0 Å². The zero-order chi connectivity index (χ0) is 11.7. The van der Waals surface area contributed by atoms with Crippen molar-refractivity contribution in [1.29, 1.82) is 0 Å². The summed E-state index contributed by atoms with van der Waals surface area (Å²) in [6.07, 6.45) is 2.78. The largest absolute Gasteiger partial charge is 0.326 e. The lowest BCUT2D eigenvalue weighted by molar-refractivity contribution is 0.0521. The van der Waals surface area contributed by atoms with Crippen LogP contribution in [0.3, 0.4) is 0 Å². The van der Waals surface area contributed by atoms with Crippen LogP contribution in [0.1, 0.15) is 33.6 Å². The highest BCUT2D eigenvalue weighted by atomic mass is 15.3. The van der Waals surface area contributed by atoms with Crippen molar-refractivity contribution in [2.24, 2.45) is 11.7 Å². The van der Waals surface area contributed by atoms with Crippen LogP contribution < -0.4 is 5.73 Å². The molecule has 16 heavy (non-hydrogen) atoms. The molecule has 0 saturated carbocycles. The van der Waals surface area contributed by atoms with Gasteiger partial charge in [-0.05, 0) is 32.2 Å². The van der Waals surface area contributed by atoms with E-state index in [1.165, 1.54) is 32.5 Å². The Labute approximate surface area is 100.0 Å². The van der Waals surface area contributed by atoms with Gasteiger partial charge in [-0.15, -0.1) is 0 Å². The second kappa shape index (κ2) is 5.03. The summed E-state index contributed by atoms with van der Waals surface area (Å²) in [5, 5.41) is 0. The highest BCUT2D eigenvalue weighted by Crippen LogP contribution is 2.24. The molecule has 0 aromatic carbocycles. The van der Waals surface area contributed by atoms with Crippen molar-refractivity contribution in [1.82, 2.24) is 9.80 Å². The molecule has 2 fully saturated rings. The van der Waals surface area contributed by atoms with E-state index in [0.717, 1.165) is 12.6 Å². The number of rotatable bonds is 3. The van der Waals surface area contributed by atoms with E-state index in [2.05, 4.69) is 30.6 Å². The van der Waals surface area contributed by atoms with Crippen LogP contribution in [-0.2, 0) is 0 Å². The van der Waals surface area contributed by atoms with Gasteiger partial charge in [0, 0.05) is 37.8 Å². The lowest BCUT2D eigenvalue weighted by Crippen LogP contribution is -2.57. The van der Waals surface area contributed by atoms with Gasteiger partial charge in [0.25, 0.3) is 0 Å². The third kappa shape index (κ3) is 2.58. The third-order valence-electron chi connectivity index (χ3n) is 4.37.